The summed E-state index contributed by atoms with van der Waals surface area (Å²) in [5.41, 5.74) is 1.70. The third-order valence-electron chi connectivity index (χ3n) is 2.42. The molecule has 2 rings (SSSR count). The summed E-state index contributed by atoms with van der Waals surface area (Å²) in [6.07, 6.45) is 4.09. The van der Waals surface area contributed by atoms with Gasteiger partial charge in [0.2, 0.25) is 0 Å². The quantitative estimate of drug-likeness (QED) is 0.898. The first-order valence-corrected chi connectivity index (χ1v) is 6.22. The van der Waals surface area contributed by atoms with Gasteiger partial charge < -0.3 is 5.32 Å². The minimum absolute atomic E-state index is 0.334. The summed E-state index contributed by atoms with van der Waals surface area (Å²) in [6, 6.07) is 4.09. The second-order valence-corrected chi connectivity index (χ2v) is 4.48. The molecule has 0 saturated heterocycles. The average Bonchev–Trinajstić information content (AvgIpc) is 2.84. The largest absolute Gasteiger partial charge is 0.364 e. The molecule has 5 heteroatoms. The average molecular weight is 244 g/mol. The summed E-state index contributed by atoms with van der Waals surface area (Å²) in [4.78, 5) is 9.39. The second kappa shape index (κ2) is 5.41. The van der Waals surface area contributed by atoms with E-state index in [-0.39, 0.29) is 0 Å². The van der Waals surface area contributed by atoms with E-state index in [1.54, 1.807) is 17.5 Å². The maximum atomic E-state index is 8.61. The van der Waals surface area contributed by atoms with Gasteiger partial charge in [-0.25, -0.2) is 9.97 Å². The Bertz CT molecular complexity index is 524. The van der Waals surface area contributed by atoms with Crippen LogP contribution in [-0.2, 0) is 13.0 Å². The monoisotopic (exact) mass is 244 g/mol. The molecule has 0 radical (unpaired) electrons. The van der Waals surface area contributed by atoms with Gasteiger partial charge in [-0.2, -0.15) is 5.26 Å². The van der Waals surface area contributed by atoms with E-state index in [0.717, 1.165) is 13.0 Å². The SMILES string of the molecule is CCc1ccsc1CNc1cnc(C#N)cn1. The van der Waals surface area contributed by atoms with Gasteiger partial charge in [0.05, 0.1) is 18.9 Å². The fourth-order valence-corrected chi connectivity index (χ4v) is 2.40. The lowest BCUT2D eigenvalue weighted by molar-refractivity contribution is 1.05. The van der Waals surface area contributed by atoms with Gasteiger partial charge in [0.15, 0.2) is 5.69 Å². The highest BCUT2D eigenvalue weighted by atomic mass is 32.1. The van der Waals surface area contributed by atoms with Crippen molar-refractivity contribution in [1.82, 2.24) is 9.97 Å². The number of rotatable bonds is 4. The Morgan fingerprint density at radius 1 is 1.41 bits per heavy atom. The van der Waals surface area contributed by atoms with Gasteiger partial charge in [0.1, 0.15) is 11.9 Å². The predicted octanol–water partition coefficient (Wildman–Crippen LogP) is 2.58. The number of aryl methyl sites for hydroxylation is 1. The van der Waals surface area contributed by atoms with Crippen molar-refractivity contribution in [2.24, 2.45) is 0 Å². The van der Waals surface area contributed by atoms with Crippen LogP contribution in [0.5, 0.6) is 0 Å². The summed E-state index contributed by atoms with van der Waals surface area (Å²) in [7, 11) is 0. The maximum absolute atomic E-state index is 8.61. The van der Waals surface area contributed by atoms with E-state index in [0.29, 0.717) is 11.5 Å². The molecule has 2 heterocycles. The minimum atomic E-state index is 0.334. The molecule has 0 aliphatic rings. The number of anilines is 1. The standard InChI is InChI=1S/C12H12N4S/c1-2-9-3-4-17-11(9)7-16-12-8-14-10(5-13)6-15-12/h3-4,6,8H,2,7H2,1H3,(H,15,16). The molecule has 86 valence electrons. The molecular formula is C12H12N4S. The van der Waals surface area contributed by atoms with Crippen LogP contribution in [0, 0.1) is 11.3 Å². The molecule has 0 fully saturated rings. The molecule has 0 saturated carbocycles. The highest BCUT2D eigenvalue weighted by Gasteiger charge is 2.02. The zero-order chi connectivity index (χ0) is 12.1. The van der Waals surface area contributed by atoms with Crippen LogP contribution in [0.15, 0.2) is 23.8 Å². The number of nitrogens with one attached hydrogen (secondary N) is 1. The van der Waals surface area contributed by atoms with Gasteiger partial charge >= 0.3 is 0 Å². The molecule has 2 aromatic heterocycles. The van der Waals surface area contributed by atoms with E-state index in [1.807, 2.05) is 6.07 Å². The van der Waals surface area contributed by atoms with E-state index in [2.05, 4.69) is 33.7 Å². The Balaban J connectivity index is 2.00. The van der Waals surface area contributed by atoms with Crippen LogP contribution in [0.4, 0.5) is 5.82 Å². The second-order valence-electron chi connectivity index (χ2n) is 3.47. The van der Waals surface area contributed by atoms with Gasteiger partial charge in [-0.05, 0) is 23.4 Å². The lowest BCUT2D eigenvalue weighted by Crippen LogP contribution is -2.02. The van der Waals surface area contributed by atoms with Crippen molar-refractivity contribution >= 4 is 17.2 Å². The molecule has 0 bridgehead atoms. The normalized spacial score (nSPS) is 9.88. The highest BCUT2D eigenvalue weighted by molar-refractivity contribution is 7.10. The Kier molecular flexibility index (Phi) is 3.68. The molecule has 0 aliphatic carbocycles. The lowest BCUT2D eigenvalue weighted by atomic mass is 10.2. The van der Waals surface area contributed by atoms with E-state index in [1.165, 1.54) is 16.6 Å². The first-order valence-electron chi connectivity index (χ1n) is 5.34. The van der Waals surface area contributed by atoms with E-state index in [9.17, 15) is 0 Å². The molecule has 0 unspecified atom stereocenters. The number of nitriles is 1. The van der Waals surface area contributed by atoms with E-state index in [4.69, 9.17) is 5.26 Å². The topological polar surface area (TPSA) is 61.6 Å². The molecule has 0 amide bonds. The predicted molar refractivity (Wildman–Crippen MR) is 67.8 cm³/mol. The van der Waals surface area contributed by atoms with Crippen LogP contribution >= 0.6 is 11.3 Å². The van der Waals surface area contributed by atoms with Crippen molar-refractivity contribution in [3.05, 3.63) is 40.0 Å². The van der Waals surface area contributed by atoms with Crippen LogP contribution in [0.2, 0.25) is 0 Å². The minimum Gasteiger partial charge on any atom is -0.364 e. The van der Waals surface area contributed by atoms with Crippen molar-refractivity contribution in [2.75, 3.05) is 5.32 Å². The zero-order valence-corrected chi connectivity index (χ0v) is 10.3. The molecule has 0 aromatic carbocycles. The van der Waals surface area contributed by atoms with Crippen LogP contribution in [-0.4, -0.2) is 9.97 Å². The summed E-state index contributed by atoms with van der Waals surface area (Å²) in [5, 5.41) is 13.9. The van der Waals surface area contributed by atoms with Crippen molar-refractivity contribution < 1.29 is 0 Å². The molecule has 0 spiro atoms. The fraction of sp³-hybridized carbons (Fsp3) is 0.250. The third kappa shape index (κ3) is 2.80. The molecule has 2 aromatic rings. The number of nitrogens with zero attached hydrogens (tertiary/aromatic N) is 3. The summed E-state index contributed by atoms with van der Waals surface area (Å²) in [6.45, 7) is 2.90. The summed E-state index contributed by atoms with van der Waals surface area (Å²) >= 11 is 1.74. The zero-order valence-electron chi connectivity index (χ0n) is 9.47. The Labute approximate surface area is 104 Å². The third-order valence-corrected chi connectivity index (χ3v) is 3.38. The van der Waals surface area contributed by atoms with Crippen LogP contribution in [0.1, 0.15) is 23.1 Å². The van der Waals surface area contributed by atoms with Crippen molar-refractivity contribution in [3.8, 4) is 6.07 Å². The van der Waals surface area contributed by atoms with Crippen molar-refractivity contribution in [3.63, 3.8) is 0 Å². The lowest BCUT2D eigenvalue weighted by Gasteiger charge is -2.04. The maximum Gasteiger partial charge on any atom is 0.158 e. The van der Waals surface area contributed by atoms with Gasteiger partial charge in [0.25, 0.3) is 0 Å². The highest BCUT2D eigenvalue weighted by Crippen LogP contribution is 2.18. The van der Waals surface area contributed by atoms with Gasteiger partial charge in [0, 0.05) is 4.88 Å². The van der Waals surface area contributed by atoms with Crippen LogP contribution in [0.3, 0.4) is 0 Å². The number of aromatic nitrogens is 2. The molecule has 0 aliphatic heterocycles. The summed E-state index contributed by atoms with van der Waals surface area (Å²) < 4.78 is 0. The molecule has 1 N–H and O–H groups in total. The van der Waals surface area contributed by atoms with Crippen LogP contribution < -0.4 is 5.32 Å². The molecule has 4 nitrogen and oxygen atoms in total. The molecule has 0 atom stereocenters. The molecule has 17 heavy (non-hydrogen) atoms. The first kappa shape index (κ1) is 11.6. The number of thiophene rings is 1. The fourth-order valence-electron chi connectivity index (χ4n) is 1.49. The molecular weight excluding hydrogens is 232 g/mol. The van der Waals surface area contributed by atoms with Crippen molar-refractivity contribution in [2.45, 2.75) is 19.9 Å². The van der Waals surface area contributed by atoms with Gasteiger partial charge in [-0.3, -0.25) is 0 Å². The first-order chi connectivity index (χ1) is 8.33. The summed E-state index contributed by atoms with van der Waals surface area (Å²) in [5.74, 6) is 0.694. The van der Waals surface area contributed by atoms with E-state index >= 15 is 0 Å². The van der Waals surface area contributed by atoms with Gasteiger partial charge in [-0.15, -0.1) is 11.3 Å². The Morgan fingerprint density at radius 2 is 2.29 bits per heavy atom. The smallest absolute Gasteiger partial charge is 0.158 e. The Hall–Kier alpha value is -1.93. The number of hydrogen-bond donors (Lipinski definition) is 1. The van der Waals surface area contributed by atoms with E-state index < -0.39 is 0 Å². The Morgan fingerprint density at radius 3 is 2.94 bits per heavy atom. The van der Waals surface area contributed by atoms with Gasteiger partial charge in [-0.1, -0.05) is 6.92 Å². The number of hydrogen-bond acceptors (Lipinski definition) is 5. The van der Waals surface area contributed by atoms with Crippen LogP contribution in [0.25, 0.3) is 0 Å². The van der Waals surface area contributed by atoms with Crippen molar-refractivity contribution in [1.29, 1.82) is 5.26 Å².